The Balaban J connectivity index is 1.34. The van der Waals surface area contributed by atoms with Crippen molar-refractivity contribution in [2.75, 3.05) is 11.4 Å². The number of hydrogen-bond acceptors (Lipinski definition) is 2. The lowest BCUT2D eigenvalue weighted by atomic mass is 9.90. The number of rotatable bonds is 5. The minimum atomic E-state index is 0.0372. The third-order valence-electron chi connectivity index (χ3n) is 5.81. The molecule has 4 nitrogen and oxygen atoms in total. The number of amides is 2. The van der Waals surface area contributed by atoms with Crippen LogP contribution in [0, 0.1) is 0 Å². The average Bonchev–Trinajstić information content (AvgIpc) is 2.73. The summed E-state index contributed by atoms with van der Waals surface area (Å²) in [6, 6.07) is 14.4. The molecular weight excluding hydrogens is 348 g/mol. The first-order valence-electron chi connectivity index (χ1n) is 10.5. The maximum absolute atomic E-state index is 12.4. The molecule has 2 aliphatic rings. The summed E-state index contributed by atoms with van der Waals surface area (Å²) in [5.41, 5.74) is 5.90. The first kappa shape index (κ1) is 18.7. The van der Waals surface area contributed by atoms with Gasteiger partial charge >= 0.3 is 0 Å². The molecule has 4 heteroatoms. The maximum atomic E-state index is 12.4. The summed E-state index contributed by atoms with van der Waals surface area (Å²) in [4.78, 5) is 26.4. The predicted octanol–water partition coefficient (Wildman–Crippen LogP) is 3.94. The summed E-state index contributed by atoms with van der Waals surface area (Å²) in [5, 5.41) is 3.03. The van der Waals surface area contributed by atoms with E-state index in [1.807, 2.05) is 29.2 Å². The topological polar surface area (TPSA) is 49.4 Å². The van der Waals surface area contributed by atoms with Crippen LogP contribution in [0.1, 0.15) is 54.4 Å². The van der Waals surface area contributed by atoms with Crippen molar-refractivity contribution in [2.24, 2.45) is 0 Å². The minimum Gasteiger partial charge on any atom is -0.352 e. The summed E-state index contributed by atoms with van der Waals surface area (Å²) in [6.45, 7) is 1.27. The second-order valence-electron chi connectivity index (χ2n) is 7.94. The fourth-order valence-corrected chi connectivity index (χ4v) is 4.26. The van der Waals surface area contributed by atoms with Gasteiger partial charge in [0.2, 0.25) is 11.8 Å². The third-order valence-corrected chi connectivity index (χ3v) is 5.81. The summed E-state index contributed by atoms with van der Waals surface area (Å²) in [5.74, 6) is 0.232. The Bertz CT molecular complexity index is 875. The van der Waals surface area contributed by atoms with Crippen LogP contribution in [0.3, 0.4) is 0 Å². The molecule has 0 aromatic heterocycles. The lowest BCUT2D eigenvalue weighted by Crippen LogP contribution is -2.35. The Morgan fingerprint density at radius 2 is 1.71 bits per heavy atom. The summed E-state index contributed by atoms with van der Waals surface area (Å²) < 4.78 is 0. The van der Waals surface area contributed by atoms with Crippen molar-refractivity contribution in [3.05, 3.63) is 64.7 Å². The Hall–Kier alpha value is -2.62. The van der Waals surface area contributed by atoms with Gasteiger partial charge in [0.25, 0.3) is 0 Å². The highest BCUT2D eigenvalue weighted by molar-refractivity contribution is 5.94. The fraction of sp³-hybridized carbons (Fsp3) is 0.417. The lowest BCUT2D eigenvalue weighted by Gasteiger charge is -2.27. The van der Waals surface area contributed by atoms with Gasteiger partial charge in [-0.1, -0.05) is 30.3 Å². The van der Waals surface area contributed by atoms with Gasteiger partial charge in [-0.2, -0.15) is 0 Å². The van der Waals surface area contributed by atoms with Gasteiger partial charge in [0.15, 0.2) is 0 Å². The van der Waals surface area contributed by atoms with Crippen LogP contribution in [0.5, 0.6) is 0 Å². The van der Waals surface area contributed by atoms with Crippen molar-refractivity contribution < 1.29 is 9.59 Å². The molecule has 0 spiro atoms. The quantitative estimate of drug-likeness (QED) is 0.859. The van der Waals surface area contributed by atoms with Crippen LogP contribution >= 0.6 is 0 Å². The number of carbonyl (C=O) groups is 2. The van der Waals surface area contributed by atoms with Gasteiger partial charge in [0.1, 0.15) is 0 Å². The molecule has 1 aliphatic carbocycles. The van der Waals surface area contributed by atoms with Crippen LogP contribution in [0.15, 0.2) is 42.5 Å². The Kier molecular flexibility index (Phi) is 5.75. The van der Waals surface area contributed by atoms with Gasteiger partial charge in [0.05, 0.1) is 6.42 Å². The zero-order chi connectivity index (χ0) is 19.3. The van der Waals surface area contributed by atoms with E-state index in [-0.39, 0.29) is 11.8 Å². The molecule has 1 heterocycles. The number of fused-ring (bicyclic) bond motifs is 1. The molecule has 2 aromatic rings. The molecule has 0 atom stereocenters. The Morgan fingerprint density at radius 3 is 2.57 bits per heavy atom. The predicted molar refractivity (Wildman–Crippen MR) is 111 cm³/mol. The van der Waals surface area contributed by atoms with E-state index in [1.54, 1.807) is 0 Å². The molecule has 146 valence electrons. The van der Waals surface area contributed by atoms with Gasteiger partial charge in [-0.25, -0.2) is 0 Å². The van der Waals surface area contributed by atoms with E-state index < -0.39 is 0 Å². The monoisotopic (exact) mass is 376 g/mol. The van der Waals surface area contributed by atoms with E-state index in [0.29, 0.717) is 19.4 Å². The molecule has 28 heavy (non-hydrogen) atoms. The van der Waals surface area contributed by atoms with Crippen molar-refractivity contribution in [1.82, 2.24) is 5.32 Å². The highest BCUT2D eigenvalue weighted by Crippen LogP contribution is 2.23. The van der Waals surface area contributed by atoms with Crippen molar-refractivity contribution >= 4 is 17.5 Å². The van der Waals surface area contributed by atoms with Crippen molar-refractivity contribution in [2.45, 2.75) is 57.9 Å². The number of nitrogens with zero attached hydrogens (tertiary/aromatic N) is 1. The van der Waals surface area contributed by atoms with E-state index >= 15 is 0 Å². The summed E-state index contributed by atoms with van der Waals surface area (Å²) in [6.07, 6.45) is 7.89. The summed E-state index contributed by atoms with van der Waals surface area (Å²) in [7, 11) is 0. The molecule has 0 unspecified atom stereocenters. The van der Waals surface area contributed by atoms with Crippen molar-refractivity contribution in [3.8, 4) is 0 Å². The van der Waals surface area contributed by atoms with E-state index in [0.717, 1.165) is 49.0 Å². The van der Waals surface area contributed by atoms with Crippen LogP contribution in [0.2, 0.25) is 0 Å². The highest BCUT2D eigenvalue weighted by atomic mass is 16.2. The van der Waals surface area contributed by atoms with Crippen LogP contribution in [-0.2, 0) is 35.4 Å². The standard InChI is InChI=1S/C24H28N2O2/c27-23(16-18-11-12-20-7-1-2-8-21(20)14-18)25-17-19-6-5-9-22(15-19)26-13-4-3-10-24(26)28/h5-6,9,11-12,14-15H,1-4,7-8,10,13,16-17H2,(H,25,27). The molecule has 1 saturated heterocycles. The second kappa shape index (κ2) is 8.59. The fourth-order valence-electron chi connectivity index (χ4n) is 4.26. The number of benzene rings is 2. The van der Waals surface area contributed by atoms with Gasteiger partial charge in [-0.15, -0.1) is 0 Å². The van der Waals surface area contributed by atoms with Crippen LogP contribution in [-0.4, -0.2) is 18.4 Å². The average molecular weight is 377 g/mol. The molecular formula is C24H28N2O2. The van der Waals surface area contributed by atoms with Gasteiger partial charge in [-0.05, 0) is 72.9 Å². The molecule has 2 aromatic carbocycles. The molecule has 1 fully saturated rings. The van der Waals surface area contributed by atoms with Crippen LogP contribution in [0.4, 0.5) is 5.69 Å². The van der Waals surface area contributed by atoms with Crippen LogP contribution < -0.4 is 10.2 Å². The van der Waals surface area contributed by atoms with E-state index in [2.05, 4.69) is 23.5 Å². The molecule has 2 amide bonds. The van der Waals surface area contributed by atoms with Gasteiger partial charge in [0, 0.05) is 25.2 Å². The first-order chi connectivity index (χ1) is 13.7. The molecule has 4 rings (SSSR count). The highest BCUT2D eigenvalue weighted by Gasteiger charge is 2.19. The van der Waals surface area contributed by atoms with Crippen molar-refractivity contribution in [3.63, 3.8) is 0 Å². The first-order valence-corrected chi connectivity index (χ1v) is 10.5. The number of aryl methyl sites for hydroxylation is 2. The molecule has 0 radical (unpaired) electrons. The SMILES string of the molecule is O=C(Cc1ccc2c(c1)CCCC2)NCc1cccc(N2CCCCC2=O)c1. The normalized spacial score (nSPS) is 16.6. The third kappa shape index (κ3) is 4.44. The van der Waals surface area contributed by atoms with Gasteiger partial charge < -0.3 is 10.2 Å². The Morgan fingerprint density at radius 1 is 0.893 bits per heavy atom. The van der Waals surface area contributed by atoms with E-state index in [9.17, 15) is 9.59 Å². The number of anilines is 1. The van der Waals surface area contributed by atoms with Crippen molar-refractivity contribution in [1.29, 1.82) is 0 Å². The van der Waals surface area contributed by atoms with E-state index in [4.69, 9.17) is 0 Å². The second-order valence-corrected chi connectivity index (χ2v) is 7.94. The van der Waals surface area contributed by atoms with Crippen LogP contribution in [0.25, 0.3) is 0 Å². The molecule has 0 saturated carbocycles. The number of hydrogen-bond donors (Lipinski definition) is 1. The number of nitrogens with one attached hydrogen (secondary N) is 1. The zero-order valence-electron chi connectivity index (χ0n) is 16.4. The minimum absolute atomic E-state index is 0.0372. The largest absolute Gasteiger partial charge is 0.352 e. The molecule has 0 bridgehead atoms. The molecule has 1 N–H and O–H groups in total. The Labute approximate surface area is 166 Å². The van der Waals surface area contributed by atoms with E-state index in [1.165, 1.54) is 24.0 Å². The number of piperidine rings is 1. The zero-order valence-corrected chi connectivity index (χ0v) is 16.4. The molecule has 1 aliphatic heterocycles. The number of carbonyl (C=O) groups excluding carboxylic acids is 2. The lowest BCUT2D eigenvalue weighted by molar-refractivity contribution is -0.121. The maximum Gasteiger partial charge on any atom is 0.226 e. The smallest absolute Gasteiger partial charge is 0.226 e. The van der Waals surface area contributed by atoms with Gasteiger partial charge in [-0.3, -0.25) is 9.59 Å². The summed E-state index contributed by atoms with van der Waals surface area (Å²) >= 11 is 0.